The second kappa shape index (κ2) is 5.72. The Bertz CT molecular complexity index is 468. The summed E-state index contributed by atoms with van der Waals surface area (Å²) in [5.74, 6) is 0.0915. The SMILES string of the molecule is CC(C)NCC(c1ccc2c(c1)CC(=O)N2)N(C)C. The number of hydrogen-bond acceptors (Lipinski definition) is 3. The number of carbonyl (C=O) groups excluding carboxylic acids is 1. The van der Waals surface area contributed by atoms with Crippen LogP contribution in [-0.4, -0.2) is 37.5 Å². The van der Waals surface area contributed by atoms with Crippen LogP contribution in [-0.2, 0) is 11.2 Å². The van der Waals surface area contributed by atoms with Crippen molar-refractivity contribution < 1.29 is 4.79 Å². The normalized spacial score (nSPS) is 15.8. The summed E-state index contributed by atoms with van der Waals surface area (Å²) in [7, 11) is 4.17. The quantitative estimate of drug-likeness (QED) is 0.849. The maximum absolute atomic E-state index is 11.4. The summed E-state index contributed by atoms with van der Waals surface area (Å²) < 4.78 is 0. The van der Waals surface area contributed by atoms with Crippen molar-refractivity contribution in [1.29, 1.82) is 0 Å². The number of hydrogen-bond donors (Lipinski definition) is 2. The molecule has 1 aromatic rings. The first-order valence-corrected chi connectivity index (χ1v) is 6.80. The van der Waals surface area contributed by atoms with Gasteiger partial charge in [0.25, 0.3) is 0 Å². The van der Waals surface area contributed by atoms with Crippen LogP contribution in [0.25, 0.3) is 0 Å². The fourth-order valence-electron chi connectivity index (χ4n) is 2.40. The topological polar surface area (TPSA) is 44.4 Å². The van der Waals surface area contributed by atoms with E-state index in [1.807, 2.05) is 6.07 Å². The fraction of sp³-hybridized carbons (Fsp3) is 0.533. The fourth-order valence-corrected chi connectivity index (χ4v) is 2.40. The van der Waals surface area contributed by atoms with E-state index < -0.39 is 0 Å². The molecule has 0 aliphatic carbocycles. The molecule has 0 aromatic heterocycles. The Labute approximate surface area is 115 Å². The van der Waals surface area contributed by atoms with Crippen molar-refractivity contribution in [2.75, 3.05) is 26.0 Å². The van der Waals surface area contributed by atoms with Crippen LogP contribution in [0.5, 0.6) is 0 Å². The molecule has 1 aliphatic heterocycles. The highest BCUT2D eigenvalue weighted by molar-refractivity contribution is 5.99. The van der Waals surface area contributed by atoms with Crippen molar-refractivity contribution in [2.24, 2.45) is 0 Å². The maximum atomic E-state index is 11.4. The summed E-state index contributed by atoms with van der Waals surface area (Å²) in [6, 6.07) is 7.07. The van der Waals surface area contributed by atoms with Crippen LogP contribution in [0.3, 0.4) is 0 Å². The number of benzene rings is 1. The van der Waals surface area contributed by atoms with Gasteiger partial charge in [0.2, 0.25) is 5.91 Å². The third-order valence-corrected chi connectivity index (χ3v) is 3.48. The second-order valence-corrected chi connectivity index (χ2v) is 5.68. The molecule has 19 heavy (non-hydrogen) atoms. The lowest BCUT2D eigenvalue weighted by Gasteiger charge is -2.26. The van der Waals surface area contributed by atoms with Gasteiger partial charge < -0.3 is 15.5 Å². The Balaban J connectivity index is 2.18. The molecular formula is C15H23N3O. The van der Waals surface area contributed by atoms with Gasteiger partial charge in [0.1, 0.15) is 0 Å². The molecule has 0 fully saturated rings. The Morgan fingerprint density at radius 2 is 2.11 bits per heavy atom. The number of amides is 1. The van der Waals surface area contributed by atoms with Crippen LogP contribution in [0.2, 0.25) is 0 Å². The molecule has 2 rings (SSSR count). The standard InChI is InChI=1S/C15H23N3O/c1-10(2)16-9-14(18(3)4)11-5-6-13-12(7-11)8-15(19)17-13/h5-7,10,14,16H,8-9H2,1-4H3,(H,17,19). The Morgan fingerprint density at radius 1 is 1.37 bits per heavy atom. The second-order valence-electron chi connectivity index (χ2n) is 5.68. The highest BCUT2D eigenvalue weighted by atomic mass is 16.1. The van der Waals surface area contributed by atoms with Crippen LogP contribution in [0.15, 0.2) is 18.2 Å². The van der Waals surface area contributed by atoms with Crippen LogP contribution >= 0.6 is 0 Å². The van der Waals surface area contributed by atoms with E-state index in [1.165, 1.54) is 5.56 Å². The van der Waals surface area contributed by atoms with Gasteiger partial charge in [-0.1, -0.05) is 26.0 Å². The molecule has 104 valence electrons. The number of likely N-dealkylation sites (N-methyl/N-ethyl adjacent to an activating group) is 1. The van der Waals surface area contributed by atoms with Gasteiger partial charge in [-0.05, 0) is 31.3 Å². The van der Waals surface area contributed by atoms with Gasteiger partial charge in [0, 0.05) is 24.3 Å². The van der Waals surface area contributed by atoms with E-state index in [-0.39, 0.29) is 5.91 Å². The third kappa shape index (κ3) is 3.33. The zero-order valence-corrected chi connectivity index (χ0v) is 12.2. The number of rotatable bonds is 5. The molecule has 0 saturated carbocycles. The number of nitrogens with zero attached hydrogens (tertiary/aromatic N) is 1. The van der Waals surface area contributed by atoms with Crippen molar-refractivity contribution >= 4 is 11.6 Å². The van der Waals surface area contributed by atoms with E-state index in [0.717, 1.165) is 17.8 Å². The van der Waals surface area contributed by atoms with Crippen molar-refractivity contribution in [3.05, 3.63) is 29.3 Å². The van der Waals surface area contributed by atoms with Gasteiger partial charge in [-0.15, -0.1) is 0 Å². The summed E-state index contributed by atoms with van der Waals surface area (Å²) in [4.78, 5) is 13.6. The first kappa shape index (κ1) is 14.0. The molecule has 1 amide bonds. The minimum atomic E-state index is 0.0915. The minimum absolute atomic E-state index is 0.0915. The van der Waals surface area contributed by atoms with Crippen LogP contribution < -0.4 is 10.6 Å². The molecule has 0 saturated heterocycles. The Hall–Kier alpha value is -1.39. The molecular weight excluding hydrogens is 238 g/mol. The first-order valence-electron chi connectivity index (χ1n) is 6.80. The predicted molar refractivity (Wildman–Crippen MR) is 78.3 cm³/mol. The molecule has 0 spiro atoms. The average molecular weight is 261 g/mol. The smallest absolute Gasteiger partial charge is 0.228 e. The lowest BCUT2D eigenvalue weighted by atomic mass is 10.0. The Kier molecular flexibility index (Phi) is 4.22. The molecule has 1 aliphatic rings. The molecule has 1 atom stereocenters. The monoisotopic (exact) mass is 261 g/mol. The van der Waals surface area contributed by atoms with Gasteiger partial charge in [-0.2, -0.15) is 0 Å². The summed E-state index contributed by atoms with van der Waals surface area (Å²) in [5, 5.41) is 6.35. The molecule has 1 aromatic carbocycles. The molecule has 4 nitrogen and oxygen atoms in total. The average Bonchev–Trinajstić information content (AvgIpc) is 2.67. The van der Waals surface area contributed by atoms with Gasteiger partial charge in [-0.3, -0.25) is 4.79 Å². The molecule has 4 heteroatoms. The number of fused-ring (bicyclic) bond motifs is 1. The van der Waals surface area contributed by atoms with Gasteiger partial charge in [-0.25, -0.2) is 0 Å². The Morgan fingerprint density at radius 3 is 2.74 bits per heavy atom. The zero-order valence-electron chi connectivity index (χ0n) is 12.2. The summed E-state index contributed by atoms with van der Waals surface area (Å²) in [6.45, 7) is 5.21. The van der Waals surface area contributed by atoms with Crippen LogP contribution in [0.4, 0.5) is 5.69 Å². The van der Waals surface area contributed by atoms with Crippen molar-refractivity contribution in [3.63, 3.8) is 0 Å². The highest BCUT2D eigenvalue weighted by Crippen LogP contribution is 2.27. The van der Waals surface area contributed by atoms with Gasteiger partial charge in [0.15, 0.2) is 0 Å². The van der Waals surface area contributed by atoms with Gasteiger partial charge >= 0.3 is 0 Å². The van der Waals surface area contributed by atoms with Crippen molar-refractivity contribution in [3.8, 4) is 0 Å². The molecule has 2 N–H and O–H groups in total. The van der Waals surface area contributed by atoms with Gasteiger partial charge in [0.05, 0.1) is 6.42 Å². The van der Waals surface area contributed by atoms with E-state index in [1.54, 1.807) is 0 Å². The van der Waals surface area contributed by atoms with Crippen LogP contribution in [0.1, 0.15) is 31.0 Å². The van der Waals surface area contributed by atoms with E-state index in [4.69, 9.17) is 0 Å². The number of carbonyl (C=O) groups is 1. The van der Waals surface area contributed by atoms with E-state index >= 15 is 0 Å². The van der Waals surface area contributed by atoms with Crippen molar-refractivity contribution in [1.82, 2.24) is 10.2 Å². The largest absolute Gasteiger partial charge is 0.326 e. The van der Waals surface area contributed by atoms with E-state index in [0.29, 0.717) is 18.5 Å². The summed E-state index contributed by atoms with van der Waals surface area (Å²) >= 11 is 0. The summed E-state index contributed by atoms with van der Waals surface area (Å²) in [6.07, 6.45) is 0.501. The number of nitrogens with one attached hydrogen (secondary N) is 2. The van der Waals surface area contributed by atoms with Crippen LogP contribution in [0, 0.1) is 0 Å². The maximum Gasteiger partial charge on any atom is 0.228 e. The van der Waals surface area contributed by atoms with E-state index in [2.05, 4.69) is 55.6 Å². The minimum Gasteiger partial charge on any atom is -0.326 e. The van der Waals surface area contributed by atoms with Crippen molar-refractivity contribution in [2.45, 2.75) is 32.4 Å². The summed E-state index contributed by atoms with van der Waals surface area (Å²) in [5.41, 5.74) is 3.33. The van der Waals surface area contributed by atoms with E-state index in [9.17, 15) is 4.79 Å². The zero-order chi connectivity index (χ0) is 14.0. The predicted octanol–water partition coefficient (Wildman–Crippen LogP) is 1.78. The lowest BCUT2D eigenvalue weighted by molar-refractivity contribution is -0.115. The lowest BCUT2D eigenvalue weighted by Crippen LogP contribution is -2.34. The molecule has 0 radical (unpaired) electrons. The first-order chi connectivity index (χ1) is 8.97. The molecule has 0 bridgehead atoms. The molecule has 1 unspecified atom stereocenters. The third-order valence-electron chi connectivity index (χ3n) is 3.48. The molecule has 1 heterocycles. The number of anilines is 1. The highest BCUT2D eigenvalue weighted by Gasteiger charge is 2.21.